The number of hydrazone groups is 1. The van der Waals surface area contributed by atoms with Gasteiger partial charge in [-0.05, 0) is 29.8 Å². The van der Waals surface area contributed by atoms with Gasteiger partial charge < -0.3 is 9.47 Å². The van der Waals surface area contributed by atoms with Crippen LogP contribution in [-0.2, 0) is 7.05 Å². The smallest absolute Gasteiger partial charge is 0.289 e. The van der Waals surface area contributed by atoms with Gasteiger partial charge in [-0.15, -0.1) is 0 Å². The maximum atomic E-state index is 13.1. The zero-order valence-corrected chi connectivity index (χ0v) is 20.5. The lowest BCUT2D eigenvalue weighted by Gasteiger charge is -2.11. The van der Waals surface area contributed by atoms with Crippen LogP contribution in [0.5, 0.6) is 0 Å². The standard InChI is InChI=1S/C28H24N6O3/c1-32(2)20-13-11-18(12-14-20)17-29-31-28(35)24-16-23-22-9-4-5-10-25(22)33(3)27(23)26(30-24)19-7-6-8-21(15-19)34(36)37/h4-17H,1-3H3,(H,31,35)/b29-17+. The Labute approximate surface area is 212 Å². The molecule has 9 heteroatoms. The number of nitro benzene ring substituents is 1. The molecule has 2 heterocycles. The number of pyridine rings is 1. The summed E-state index contributed by atoms with van der Waals surface area (Å²) >= 11 is 0. The molecular formula is C28H24N6O3. The summed E-state index contributed by atoms with van der Waals surface area (Å²) in [5, 5.41) is 17.3. The summed E-state index contributed by atoms with van der Waals surface area (Å²) in [5.41, 5.74) is 7.32. The van der Waals surface area contributed by atoms with E-state index in [1.807, 2.05) is 79.1 Å². The first-order valence-corrected chi connectivity index (χ1v) is 11.6. The zero-order valence-electron chi connectivity index (χ0n) is 20.5. The molecule has 0 aliphatic rings. The first-order chi connectivity index (χ1) is 17.8. The third-order valence-corrected chi connectivity index (χ3v) is 6.24. The lowest BCUT2D eigenvalue weighted by Crippen LogP contribution is -2.19. The number of non-ortho nitro benzene ring substituents is 1. The van der Waals surface area contributed by atoms with E-state index in [0.717, 1.165) is 33.1 Å². The molecule has 0 fully saturated rings. The van der Waals surface area contributed by atoms with Gasteiger partial charge in [0.05, 0.1) is 22.3 Å². The minimum atomic E-state index is -0.484. The van der Waals surface area contributed by atoms with Crippen LogP contribution in [0, 0.1) is 10.1 Å². The van der Waals surface area contributed by atoms with Crippen LogP contribution in [0.15, 0.2) is 84.0 Å². The van der Waals surface area contributed by atoms with Crippen molar-refractivity contribution in [3.63, 3.8) is 0 Å². The Bertz CT molecular complexity index is 1690. The number of carbonyl (C=O) groups is 1. The minimum absolute atomic E-state index is 0.0500. The molecule has 0 saturated heterocycles. The van der Waals surface area contributed by atoms with Crippen molar-refractivity contribution in [2.75, 3.05) is 19.0 Å². The molecule has 0 unspecified atom stereocenters. The average Bonchev–Trinajstić information content (AvgIpc) is 3.20. The highest BCUT2D eigenvalue weighted by molar-refractivity contribution is 6.13. The van der Waals surface area contributed by atoms with E-state index in [1.54, 1.807) is 24.4 Å². The van der Waals surface area contributed by atoms with Crippen molar-refractivity contribution >= 4 is 45.3 Å². The number of carbonyl (C=O) groups excluding carboxylic acids is 1. The number of aryl methyl sites for hydroxylation is 1. The zero-order chi connectivity index (χ0) is 26.1. The second-order valence-electron chi connectivity index (χ2n) is 8.82. The second-order valence-corrected chi connectivity index (χ2v) is 8.82. The molecule has 184 valence electrons. The van der Waals surface area contributed by atoms with Gasteiger partial charge in [0.2, 0.25) is 0 Å². The van der Waals surface area contributed by atoms with E-state index in [4.69, 9.17) is 0 Å². The molecule has 37 heavy (non-hydrogen) atoms. The lowest BCUT2D eigenvalue weighted by molar-refractivity contribution is -0.384. The SMILES string of the molecule is CN(C)c1ccc(/C=N/NC(=O)c2cc3c4ccccc4n(C)c3c(-c3cccc([N+](=O)[O-])c3)n2)cc1. The molecule has 0 saturated carbocycles. The summed E-state index contributed by atoms with van der Waals surface area (Å²) in [4.78, 5) is 30.7. The van der Waals surface area contributed by atoms with Crippen LogP contribution in [0.25, 0.3) is 33.1 Å². The number of hydrogen-bond acceptors (Lipinski definition) is 6. The number of para-hydroxylation sites is 1. The fraction of sp³-hybridized carbons (Fsp3) is 0.107. The number of nitrogens with zero attached hydrogens (tertiary/aromatic N) is 5. The Morgan fingerprint density at radius 1 is 1.03 bits per heavy atom. The molecule has 0 bridgehead atoms. The molecule has 5 aromatic rings. The van der Waals surface area contributed by atoms with Gasteiger partial charge in [-0.3, -0.25) is 14.9 Å². The first kappa shape index (κ1) is 23.7. The van der Waals surface area contributed by atoms with Crippen LogP contribution in [0.1, 0.15) is 16.1 Å². The number of aromatic nitrogens is 2. The number of benzene rings is 3. The number of hydrogen-bond donors (Lipinski definition) is 1. The van der Waals surface area contributed by atoms with Gasteiger partial charge in [0.1, 0.15) is 5.69 Å². The highest BCUT2D eigenvalue weighted by Crippen LogP contribution is 2.35. The predicted octanol–water partition coefficient (Wildman–Crippen LogP) is 5.13. The molecule has 0 atom stereocenters. The predicted molar refractivity (Wildman–Crippen MR) is 146 cm³/mol. The van der Waals surface area contributed by atoms with Crippen LogP contribution in [0.4, 0.5) is 11.4 Å². The summed E-state index contributed by atoms with van der Waals surface area (Å²) in [6.07, 6.45) is 1.56. The van der Waals surface area contributed by atoms with Crippen molar-refractivity contribution in [2.45, 2.75) is 0 Å². The Morgan fingerprint density at radius 2 is 1.78 bits per heavy atom. The summed E-state index contributed by atoms with van der Waals surface area (Å²) in [6.45, 7) is 0. The second kappa shape index (κ2) is 9.54. The normalized spacial score (nSPS) is 11.3. The Balaban J connectivity index is 1.57. The maximum absolute atomic E-state index is 13.1. The molecule has 5 rings (SSSR count). The third kappa shape index (κ3) is 4.50. The summed E-state index contributed by atoms with van der Waals surface area (Å²) in [7, 11) is 5.84. The summed E-state index contributed by atoms with van der Waals surface area (Å²) in [5.74, 6) is -0.484. The highest BCUT2D eigenvalue weighted by atomic mass is 16.6. The molecule has 0 aliphatic heterocycles. The molecule has 0 radical (unpaired) electrons. The molecule has 0 aliphatic carbocycles. The van der Waals surface area contributed by atoms with Crippen molar-refractivity contribution in [1.82, 2.24) is 15.0 Å². The van der Waals surface area contributed by atoms with Crippen molar-refractivity contribution in [1.29, 1.82) is 0 Å². The van der Waals surface area contributed by atoms with Crippen molar-refractivity contribution in [2.24, 2.45) is 12.1 Å². The van der Waals surface area contributed by atoms with Crippen LogP contribution >= 0.6 is 0 Å². The number of nitrogens with one attached hydrogen (secondary N) is 1. The fourth-order valence-corrected chi connectivity index (χ4v) is 4.36. The molecule has 1 N–H and O–H groups in total. The molecule has 0 spiro atoms. The van der Waals surface area contributed by atoms with E-state index in [2.05, 4.69) is 15.5 Å². The monoisotopic (exact) mass is 492 g/mol. The maximum Gasteiger partial charge on any atom is 0.289 e. The van der Waals surface area contributed by atoms with Crippen molar-refractivity contribution < 1.29 is 9.72 Å². The summed E-state index contributed by atoms with van der Waals surface area (Å²) < 4.78 is 1.99. The van der Waals surface area contributed by atoms with E-state index in [1.165, 1.54) is 12.1 Å². The van der Waals surface area contributed by atoms with Crippen LogP contribution in [0.3, 0.4) is 0 Å². The van der Waals surface area contributed by atoms with Crippen LogP contribution in [-0.4, -0.2) is 40.7 Å². The fourth-order valence-electron chi connectivity index (χ4n) is 4.36. The molecule has 3 aromatic carbocycles. The number of nitro groups is 1. The van der Waals surface area contributed by atoms with E-state index in [0.29, 0.717) is 11.3 Å². The number of anilines is 1. The first-order valence-electron chi connectivity index (χ1n) is 11.6. The van der Waals surface area contributed by atoms with Gasteiger partial charge in [0.25, 0.3) is 11.6 Å². The van der Waals surface area contributed by atoms with Crippen LogP contribution in [0.2, 0.25) is 0 Å². The third-order valence-electron chi connectivity index (χ3n) is 6.24. The van der Waals surface area contributed by atoms with Gasteiger partial charge >= 0.3 is 0 Å². The van der Waals surface area contributed by atoms with E-state index < -0.39 is 10.8 Å². The number of fused-ring (bicyclic) bond motifs is 3. The van der Waals surface area contributed by atoms with Crippen molar-refractivity contribution in [3.8, 4) is 11.3 Å². The van der Waals surface area contributed by atoms with Gasteiger partial charge in [-0.1, -0.05) is 42.5 Å². The number of rotatable bonds is 6. The van der Waals surface area contributed by atoms with Gasteiger partial charge in [0, 0.05) is 60.8 Å². The molecule has 2 aromatic heterocycles. The van der Waals surface area contributed by atoms with E-state index in [-0.39, 0.29) is 11.4 Å². The highest BCUT2D eigenvalue weighted by Gasteiger charge is 2.20. The molecular weight excluding hydrogens is 468 g/mol. The summed E-state index contributed by atoms with van der Waals surface area (Å²) in [6, 6.07) is 23.6. The Hall–Kier alpha value is -5.05. The van der Waals surface area contributed by atoms with Crippen LogP contribution < -0.4 is 10.3 Å². The van der Waals surface area contributed by atoms with E-state index in [9.17, 15) is 14.9 Å². The van der Waals surface area contributed by atoms with Crippen molar-refractivity contribution in [3.05, 3.63) is 100 Å². The topological polar surface area (TPSA) is 106 Å². The minimum Gasteiger partial charge on any atom is -0.378 e. The lowest BCUT2D eigenvalue weighted by atomic mass is 10.1. The van der Waals surface area contributed by atoms with E-state index >= 15 is 0 Å². The number of amides is 1. The molecule has 1 amide bonds. The average molecular weight is 493 g/mol. The van der Waals surface area contributed by atoms with Gasteiger partial charge in [-0.2, -0.15) is 5.10 Å². The quantitative estimate of drug-likeness (QED) is 0.201. The Morgan fingerprint density at radius 3 is 2.51 bits per heavy atom. The largest absolute Gasteiger partial charge is 0.378 e. The van der Waals surface area contributed by atoms with Gasteiger partial charge in [0.15, 0.2) is 0 Å². The van der Waals surface area contributed by atoms with Gasteiger partial charge in [-0.25, -0.2) is 10.4 Å². The molecule has 9 nitrogen and oxygen atoms in total. The Kier molecular flexibility index (Phi) is 6.10.